The van der Waals surface area contributed by atoms with E-state index >= 15 is 0 Å². The number of aromatic amines is 2. The van der Waals surface area contributed by atoms with Crippen molar-refractivity contribution in [1.29, 1.82) is 0 Å². The van der Waals surface area contributed by atoms with Gasteiger partial charge in [0.1, 0.15) is 5.82 Å². The Kier molecular flexibility index (Phi) is 4.29. The number of nitrogens with zero attached hydrogens (tertiary/aromatic N) is 3. The molecule has 2 N–H and O–H groups in total. The van der Waals surface area contributed by atoms with Gasteiger partial charge in [-0.25, -0.2) is 4.98 Å². The molecule has 1 amide bonds. The molecule has 1 saturated heterocycles. The number of aryl methyl sites for hydroxylation is 1. The Morgan fingerprint density at radius 3 is 2.87 bits per heavy atom. The number of rotatable bonds is 3. The highest BCUT2D eigenvalue weighted by Gasteiger charge is 2.31. The highest BCUT2D eigenvalue weighted by atomic mass is 16.2. The molecule has 2 aromatic rings. The standard InChI is InChI=1S/C16H21N5O2/c1-3-20-6-7-21(10-13(20)15-17-4-5-18-15)16(23)12-8-11(2)19-14(22)9-12/h4-5,8-9,13H,3,6-7,10H2,1-2H3,(H,17,18)(H,19,22). The van der Waals surface area contributed by atoms with Crippen LogP contribution in [0.25, 0.3) is 0 Å². The lowest BCUT2D eigenvalue weighted by atomic mass is 10.1. The summed E-state index contributed by atoms with van der Waals surface area (Å²) in [6, 6.07) is 3.14. The van der Waals surface area contributed by atoms with E-state index < -0.39 is 0 Å². The number of pyridine rings is 1. The van der Waals surface area contributed by atoms with E-state index in [9.17, 15) is 9.59 Å². The number of hydrogen-bond donors (Lipinski definition) is 2. The molecule has 1 unspecified atom stereocenters. The second-order valence-electron chi connectivity index (χ2n) is 5.79. The summed E-state index contributed by atoms with van der Waals surface area (Å²) in [4.78, 5) is 38.6. The molecule has 0 spiro atoms. The number of hydrogen-bond acceptors (Lipinski definition) is 4. The Hall–Kier alpha value is -2.41. The molecule has 7 nitrogen and oxygen atoms in total. The number of aromatic nitrogens is 3. The van der Waals surface area contributed by atoms with Gasteiger partial charge in [-0.2, -0.15) is 0 Å². The zero-order chi connectivity index (χ0) is 16.4. The number of carbonyl (C=O) groups is 1. The monoisotopic (exact) mass is 315 g/mol. The van der Waals surface area contributed by atoms with E-state index in [1.54, 1.807) is 30.3 Å². The highest BCUT2D eigenvalue weighted by Crippen LogP contribution is 2.23. The van der Waals surface area contributed by atoms with Crippen LogP contribution >= 0.6 is 0 Å². The minimum atomic E-state index is -0.247. The topological polar surface area (TPSA) is 85.1 Å². The third-order valence-corrected chi connectivity index (χ3v) is 4.25. The quantitative estimate of drug-likeness (QED) is 0.882. The zero-order valence-electron chi connectivity index (χ0n) is 13.4. The number of piperazine rings is 1. The first-order valence-corrected chi connectivity index (χ1v) is 7.82. The summed E-state index contributed by atoms with van der Waals surface area (Å²) >= 11 is 0. The van der Waals surface area contributed by atoms with Crippen LogP contribution in [0.1, 0.15) is 34.8 Å². The first kappa shape index (κ1) is 15.5. The van der Waals surface area contributed by atoms with E-state index in [0.717, 1.165) is 18.9 Å². The van der Waals surface area contributed by atoms with Gasteiger partial charge < -0.3 is 14.9 Å². The van der Waals surface area contributed by atoms with E-state index in [1.807, 2.05) is 0 Å². The van der Waals surface area contributed by atoms with Crippen LogP contribution in [0.4, 0.5) is 0 Å². The van der Waals surface area contributed by atoms with Gasteiger partial charge in [0.05, 0.1) is 6.04 Å². The van der Waals surface area contributed by atoms with Crippen molar-refractivity contribution in [2.75, 3.05) is 26.2 Å². The van der Waals surface area contributed by atoms with Crippen molar-refractivity contribution in [2.24, 2.45) is 0 Å². The molecule has 0 bridgehead atoms. The van der Waals surface area contributed by atoms with Crippen LogP contribution < -0.4 is 5.56 Å². The van der Waals surface area contributed by atoms with Crippen molar-refractivity contribution in [1.82, 2.24) is 24.8 Å². The number of likely N-dealkylation sites (N-methyl/N-ethyl adjacent to an activating group) is 1. The van der Waals surface area contributed by atoms with Crippen LogP contribution in [0.3, 0.4) is 0 Å². The predicted octanol–water partition coefficient (Wildman–Crippen LogP) is 0.925. The molecule has 2 aromatic heterocycles. The molecular formula is C16H21N5O2. The highest BCUT2D eigenvalue weighted by molar-refractivity contribution is 5.94. The molecule has 122 valence electrons. The minimum absolute atomic E-state index is 0.0517. The molecule has 23 heavy (non-hydrogen) atoms. The summed E-state index contributed by atoms with van der Waals surface area (Å²) < 4.78 is 0. The van der Waals surface area contributed by atoms with E-state index in [0.29, 0.717) is 24.3 Å². The third kappa shape index (κ3) is 3.19. The molecule has 1 aliphatic rings. The second-order valence-corrected chi connectivity index (χ2v) is 5.79. The van der Waals surface area contributed by atoms with Crippen LogP contribution in [0.15, 0.2) is 29.3 Å². The first-order valence-electron chi connectivity index (χ1n) is 7.82. The smallest absolute Gasteiger partial charge is 0.254 e. The van der Waals surface area contributed by atoms with E-state index in [2.05, 4.69) is 26.8 Å². The number of nitrogens with one attached hydrogen (secondary N) is 2. The van der Waals surface area contributed by atoms with E-state index in [-0.39, 0.29) is 17.5 Å². The van der Waals surface area contributed by atoms with Gasteiger partial charge >= 0.3 is 0 Å². The summed E-state index contributed by atoms with van der Waals surface area (Å²) in [5.74, 6) is 0.762. The average molecular weight is 315 g/mol. The Labute approximate surface area is 134 Å². The lowest BCUT2D eigenvalue weighted by Gasteiger charge is -2.40. The molecule has 0 aromatic carbocycles. The van der Waals surface area contributed by atoms with Gasteiger partial charge in [-0.15, -0.1) is 0 Å². The fourth-order valence-corrected chi connectivity index (χ4v) is 3.09. The lowest BCUT2D eigenvalue weighted by molar-refractivity contribution is 0.0479. The normalized spacial score (nSPS) is 19.0. The first-order chi connectivity index (χ1) is 11.1. The Morgan fingerprint density at radius 1 is 1.39 bits per heavy atom. The molecule has 0 saturated carbocycles. The summed E-state index contributed by atoms with van der Waals surface area (Å²) in [5.41, 5.74) is 0.883. The summed E-state index contributed by atoms with van der Waals surface area (Å²) in [6.07, 6.45) is 3.52. The molecule has 1 aliphatic heterocycles. The number of amides is 1. The molecule has 0 radical (unpaired) electrons. The summed E-state index contributed by atoms with van der Waals surface area (Å²) in [7, 11) is 0. The maximum atomic E-state index is 12.7. The Balaban J connectivity index is 1.83. The van der Waals surface area contributed by atoms with Gasteiger partial charge in [0.15, 0.2) is 0 Å². The SMILES string of the molecule is CCN1CCN(C(=O)c2cc(C)[nH]c(=O)c2)CC1c1ncc[nH]1. The molecule has 3 heterocycles. The van der Waals surface area contributed by atoms with Gasteiger partial charge in [0.2, 0.25) is 5.56 Å². The predicted molar refractivity (Wildman–Crippen MR) is 86.3 cm³/mol. The Morgan fingerprint density at radius 2 is 2.22 bits per heavy atom. The van der Waals surface area contributed by atoms with Gasteiger partial charge in [-0.05, 0) is 19.5 Å². The van der Waals surface area contributed by atoms with Gasteiger partial charge in [0.25, 0.3) is 5.91 Å². The van der Waals surface area contributed by atoms with Crippen LogP contribution in [0.2, 0.25) is 0 Å². The van der Waals surface area contributed by atoms with Crippen molar-refractivity contribution in [3.05, 3.63) is 52.0 Å². The van der Waals surface area contributed by atoms with Crippen molar-refractivity contribution in [3.8, 4) is 0 Å². The molecule has 7 heteroatoms. The lowest BCUT2D eigenvalue weighted by Crippen LogP contribution is -2.50. The molecule has 3 rings (SSSR count). The van der Waals surface area contributed by atoms with Crippen molar-refractivity contribution in [3.63, 3.8) is 0 Å². The molecular weight excluding hydrogens is 294 g/mol. The van der Waals surface area contributed by atoms with E-state index in [4.69, 9.17) is 0 Å². The van der Waals surface area contributed by atoms with Gasteiger partial charge in [-0.3, -0.25) is 14.5 Å². The molecule has 0 aliphatic carbocycles. The molecule has 1 atom stereocenters. The fourth-order valence-electron chi connectivity index (χ4n) is 3.09. The average Bonchev–Trinajstić information content (AvgIpc) is 3.07. The number of H-pyrrole nitrogens is 2. The van der Waals surface area contributed by atoms with Crippen LogP contribution in [0.5, 0.6) is 0 Å². The summed E-state index contributed by atoms with van der Waals surface area (Å²) in [5, 5.41) is 0. The van der Waals surface area contributed by atoms with Crippen LogP contribution in [-0.4, -0.2) is 56.8 Å². The maximum Gasteiger partial charge on any atom is 0.254 e. The second kappa shape index (κ2) is 6.37. The maximum absolute atomic E-state index is 12.7. The van der Waals surface area contributed by atoms with Crippen LogP contribution in [0, 0.1) is 6.92 Å². The van der Waals surface area contributed by atoms with Crippen LogP contribution in [-0.2, 0) is 0 Å². The van der Waals surface area contributed by atoms with Crippen molar-refractivity contribution >= 4 is 5.91 Å². The zero-order valence-corrected chi connectivity index (χ0v) is 13.4. The minimum Gasteiger partial charge on any atom is -0.347 e. The van der Waals surface area contributed by atoms with Crippen molar-refractivity contribution in [2.45, 2.75) is 19.9 Å². The van der Waals surface area contributed by atoms with Gasteiger partial charge in [0, 0.05) is 49.4 Å². The number of imidazole rings is 1. The fraction of sp³-hybridized carbons (Fsp3) is 0.438. The Bertz CT molecular complexity index is 737. The van der Waals surface area contributed by atoms with E-state index in [1.165, 1.54) is 6.07 Å². The summed E-state index contributed by atoms with van der Waals surface area (Å²) in [6.45, 7) is 6.78. The largest absolute Gasteiger partial charge is 0.347 e. The third-order valence-electron chi connectivity index (χ3n) is 4.25. The van der Waals surface area contributed by atoms with Gasteiger partial charge in [-0.1, -0.05) is 6.92 Å². The van der Waals surface area contributed by atoms with Crippen molar-refractivity contribution < 1.29 is 4.79 Å². The molecule has 1 fully saturated rings. The number of carbonyl (C=O) groups excluding carboxylic acids is 1.